The molecule has 72 heavy (non-hydrogen) atoms. The summed E-state index contributed by atoms with van der Waals surface area (Å²) in [6.45, 7) is 6.70. The molecule has 3 amide bonds. The van der Waals surface area contributed by atoms with Gasteiger partial charge in [0.2, 0.25) is 11.8 Å². The number of fused-ring (bicyclic) bond motifs is 2. The van der Waals surface area contributed by atoms with Gasteiger partial charge in [-0.2, -0.15) is 26.3 Å². The van der Waals surface area contributed by atoms with Crippen molar-refractivity contribution in [3.8, 4) is 34.0 Å². The molecule has 0 saturated heterocycles. The molecular formula is C48H51F10N5O9. The normalized spacial score (nSPS) is 15.6. The fourth-order valence-corrected chi connectivity index (χ4v) is 7.39. The van der Waals surface area contributed by atoms with E-state index < -0.39 is 109 Å². The molecule has 0 radical (unpaired) electrons. The number of alkyl halides is 6. The van der Waals surface area contributed by atoms with Crippen LogP contribution in [0.2, 0.25) is 0 Å². The number of hydrogen-bond acceptors (Lipinski definition) is 11. The third-order valence-electron chi connectivity index (χ3n) is 10.2. The lowest BCUT2D eigenvalue weighted by molar-refractivity contribution is -0.147. The van der Waals surface area contributed by atoms with E-state index in [1.165, 1.54) is 65.8 Å². The Bertz CT molecular complexity index is 2650. The molecule has 24 heteroatoms. The first-order chi connectivity index (χ1) is 33.3. The van der Waals surface area contributed by atoms with Crippen LogP contribution >= 0.6 is 0 Å². The van der Waals surface area contributed by atoms with Gasteiger partial charge in [0, 0.05) is 34.4 Å². The second-order valence-electron chi connectivity index (χ2n) is 18.5. The molecule has 0 saturated carbocycles. The highest BCUT2D eigenvalue weighted by Gasteiger charge is 2.40. The number of primary amides is 1. The van der Waals surface area contributed by atoms with Crippen LogP contribution < -0.4 is 15.2 Å². The maximum Gasteiger partial charge on any atom is 0.410 e. The molecule has 2 aromatic carbocycles. The van der Waals surface area contributed by atoms with Gasteiger partial charge in [0.25, 0.3) is 5.91 Å². The number of hydrogen-bond donors (Lipinski definition) is 1. The quantitative estimate of drug-likeness (QED) is 0.0861. The maximum atomic E-state index is 14.6. The average molecular weight is 1030 g/mol. The van der Waals surface area contributed by atoms with Gasteiger partial charge in [0.15, 0.2) is 5.69 Å². The highest BCUT2D eigenvalue weighted by molar-refractivity contribution is 5.93. The second-order valence-corrected chi connectivity index (χ2v) is 18.5. The van der Waals surface area contributed by atoms with Gasteiger partial charge in [0.1, 0.15) is 65.5 Å². The van der Waals surface area contributed by atoms with Crippen molar-refractivity contribution in [2.45, 2.75) is 110 Å². The molecule has 2 unspecified atom stereocenters. The third kappa shape index (κ3) is 15.8. The molecule has 0 fully saturated rings. The average Bonchev–Trinajstić information content (AvgIpc) is 3.23. The summed E-state index contributed by atoms with van der Waals surface area (Å²) in [4.78, 5) is 58.2. The summed E-state index contributed by atoms with van der Waals surface area (Å²) in [7, 11) is 0. The van der Waals surface area contributed by atoms with Crippen LogP contribution in [0.1, 0.15) is 93.4 Å². The second kappa shape index (κ2) is 22.3. The Labute approximate surface area is 406 Å². The zero-order valence-corrected chi connectivity index (χ0v) is 40.0. The largest absolute Gasteiger partial charge is 0.472 e. The van der Waals surface area contributed by atoms with Crippen LogP contribution in [0.25, 0.3) is 22.3 Å². The highest BCUT2D eigenvalue weighted by atomic mass is 19.4. The molecule has 2 atom stereocenters. The van der Waals surface area contributed by atoms with E-state index in [1.807, 2.05) is 0 Å². The Morgan fingerprint density at radius 1 is 0.625 bits per heavy atom. The van der Waals surface area contributed by atoms with Gasteiger partial charge < -0.3 is 29.4 Å². The van der Waals surface area contributed by atoms with Gasteiger partial charge in [-0.15, -0.1) is 0 Å². The molecule has 2 aromatic heterocycles. The van der Waals surface area contributed by atoms with E-state index in [2.05, 4.69) is 9.97 Å². The number of aromatic nitrogens is 2. The fraction of sp³-hybridized carbons (Fsp3) is 0.458. The minimum atomic E-state index is -4.69. The molecule has 2 aliphatic rings. The predicted molar refractivity (Wildman–Crippen MR) is 237 cm³/mol. The molecule has 0 spiro atoms. The van der Waals surface area contributed by atoms with Crippen molar-refractivity contribution in [2.75, 3.05) is 32.8 Å². The zero-order chi connectivity index (χ0) is 53.7. The molecule has 2 aliphatic heterocycles. The van der Waals surface area contributed by atoms with Gasteiger partial charge in [-0.05, 0) is 122 Å². The topological polar surface area (TPSA) is 173 Å². The summed E-state index contributed by atoms with van der Waals surface area (Å²) in [6, 6.07) is 8.39. The Hall–Kier alpha value is -6.88. The number of esters is 1. The molecule has 0 bridgehead atoms. The summed E-state index contributed by atoms with van der Waals surface area (Å²) in [6.07, 6.45) is -12.9. The van der Waals surface area contributed by atoms with E-state index in [0.717, 1.165) is 12.1 Å². The van der Waals surface area contributed by atoms with Crippen molar-refractivity contribution in [3.63, 3.8) is 0 Å². The van der Waals surface area contributed by atoms with Crippen LogP contribution in [0.4, 0.5) is 53.5 Å². The van der Waals surface area contributed by atoms with E-state index in [-0.39, 0.29) is 77.7 Å². The summed E-state index contributed by atoms with van der Waals surface area (Å²) in [5, 5.41) is 0. The van der Waals surface area contributed by atoms with Crippen LogP contribution in [0.15, 0.2) is 48.5 Å². The molecule has 4 aromatic rings. The highest BCUT2D eigenvalue weighted by Crippen LogP contribution is 2.39. The number of rotatable bonds is 11. The summed E-state index contributed by atoms with van der Waals surface area (Å²) >= 11 is 0. The number of amides is 3. The minimum absolute atomic E-state index is 0.0138. The summed E-state index contributed by atoms with van der Waals surface area (Å²) in [5.41, 5.74) is 3.91. The molecule has 2 N–H and O–H groups in total. The van der Waals surface area contributed by atoms with E-state index in [9.17, 15) is 63.1 Å². The van der Waals surface area contributed by atoms with Crippen molar-refractivity contribution in [3.05, 3.63) is 94.3 Å². The number of ether oxygens (including phenoxy) is 5. The van der Waals surface area contributed by atoms with Crippen molar-refractivity contribution in [1.82, 2.24) is 19.8 Å². The molecule has 4 heterocycles. The Morgan fingerprint density at radius 2 is 1.01 bits per heavy atom. The van der Waals surface area contributed by atoms with Crippen molar-refractivity contribution >= 4 is 24.1 Å². The van der Waals surface area contributed by atoms with Gasteiger partial charge in [-0.1, -0.05) is 0 Å². The summed E-state index contributed by atoms with van der Waals surface area (Å²) < 4.78 is 162. The monoisotopic (exact) mass is 1030 g/mol. The molecule has 0 aliphatic carbocycles. The summed E-state index contributed by atoms with van der Waals surface area (Å²) in [5.74, 6) is -5.39. The standard InChI is InChI=1S/C25H27F5N2O5.C23H24F5N3O4/c1-5-35-22(33)20-11-18(16-8-6-14(26)10-19(16)27)17-9-7-15(36-21(17)31-20)12-32(13-25(28,29)30)23(34)37-24(2,3)4;1-22(2,3)35-21(33)31(11-23(26,27)28)10-13-5-7-15-16(14-6-4-12(24)8-17(14)25)9-18(19(29)32)30-20(15)34-13/h6,8,10-11,15H,5,7,9,12-13H2,1-4H3;4,6,8-9,13H,5,7,10-11H2,1-3H3,(H2,29,32). The third-order valence-corrected chi connectivity index (χ3v) is 10.2. The van der Waals surface area contributed by atoms with Crippen LogP contribution in [0.5, 0.6) is 11.8 Å². The van der Waals surface area contributed by atoms with Crippen molar-refractivity contribution in [1.29, 1.82) is 0 Å². The Kier molecular flexibility index (Phi) is 17.3. The first-order valence-electron chi connectivity index (χ1n) is 22.2. The number of nitrogens with two attached hydrogens (primary N) is 1. The van der Waals surface area contributed by atoms with Crippen molar-refractivity contribution in [2.24, 2.45) is 5.73 Å². The molecule has 6 rings (SSSR count). The molecule has 392 valence electrons. The van der Waals surface area contributed by atoms with E-state index >= 15 is 0 Å². The van der Waals surface area contributed by atoms with Crippen LogP contribution in [-0.2, 0) is 27.1 Å². The number of carbonyl (C=O) groups is 4. The van der Waals surface area contributed by atoms with Crippen molar-refractivity contribution < 1.29 is 86.8 Å². The number of pyridine rings is 2. The van der Waals surface area contributed by atoms with Gasteiger partial charge in [-0.3, -0.25) is 14.6 Å². The minimum Gasteiger partial charge on any atom is -0.472 e. The van der Waals surface area contributed by atoms with Gasteiger partial charge in [-0.25, -0.2) is 41.9 Å². The lowest BCUT2D eigenvalue weighted by atomic mass is 9.93. The van der Waals surface area contributed by atoms with Crippen LogP contribution in [-0.4, -0.2) is 112 Å². The predicted octanol–water partition coefficient (Wildman–Crippen LogP) is 10.3. The van der Waals surface area contributed by atoms with E-state index in [1.54, 1.807) is 6.92 Å². The van der Waals surface area contributed by atoms with Gasteiger partial charge >= 0.3 is 30.5 Å². The number of benzene rings is 2. The molecule has 14 nitrogen and oxygen atoms in total. The first kappa shape index (κ1) is 56.0. The number of nitrogens with zero attached hydrogens (tertiary/aromatic N) is 4. The van der Waals surface area contributed by atoms with E-state index in [0.29, 0.717) is 33.1 Å². The van der Waals surface area contributed by atoms with Gasteiger partial charge in [0.05, 0.1) is 19.7 Å². The zero-order valence-electron chi connectivity index (χ0n) is 40.0. The SMILES string of the molecule is CC(C)(C)OC(=O)N(CC1CCc2c(-c3ccc(F)cc3F)cc(C(N)=O)nc2O1)CC(F)(F)F.CCOC(=O)c1cc(-c2ccc(F)cc2F)c2c(n1)OC(CN(CC(F)(F)F)C(=O)OC(C)(C)C)CC2. The number of carbonyl (C=O) groups excluding carboxylic acids is 4. The van der Waals surface area contributed by atoms with Crippen LogP contribution in [0, 0.1) is 23.3 Å². The lowest BCUT2D eigenvalue weighted by Crippen LogP contribution is -2.47. The lowest BCUT2D eigenvalue weighted by Gasteiger charge is -2.33. The Balaban J connectivity index is 0.000000268. The number of halogens is 10. The first-order valence-corrected chi connectivity index (χ1v) is 22.2. The van der Waals surface area contributed by atoms with E-state index in [4.69, 9.17) is 29.4 Å². The smallest absolute Gasteiger partial charge is 0.410 e. The molecular weight excluding hydrogens is 981 g/mol. The maximum absolute atomic E-state index is 14.6. The Morgan fingerprint density at radius 3 is 1.36 bits per heavy atom. The van der Waals surface area contributed by atoms with Crippen LogP contribution in [0.3, 0.4) is 0 Å². The fourth-order valence-electron chi connectivity index (χ4n) is 7.39.